The number of nitrogens with one attached hydrogen (secondary N) is 16. The maximum Gasteiger partial charge on any atom is 0.326 e. The van der Waals surface area contributed by atoms with Crippen molar-refractivity contribution in [3.05, 3.63) is 35.9 Å². The Morgan fingerprint density at radius 2 is 0.497 bits per heavy atom. The fourth-order valence-electron chi connectivity index (χ4n) is 15.7. The van der Waals surface area contributed by atoms with Crippen molar-refractivity contribution in [3.63, 3.8) is 0 Å². The predicted molar refractivity (Wildman–Crippen MR) is 564 cm³/mol. The number of hydrogen-bond donors (Lipinski definition) is 29. The Balaban J connectivity index is 3.81. The molecule has 0 unspecified atom stereocenters. The number of carboxylic acid groups (broad SMARTS) is 1. The van der Waals surface area contributed by atoms with Crippen LogP contribution >= 0.6 is 0 Å². The van der Waals surface area contributed by atoms with Gasteiger partial charge >= 0.3 is 5.97 Å². The highest BCUT2D eigenvalue weighted by atomic mass is 16.4. The van der Waals surface area contributed by atoms with Crippen LogP contribution in [0.25, 0.3) is 0 Å². The van der Waals surface area contributed by atoms with Crippen LogP contribution in [0.15, 0.2) is 45.3 Å². The van der Waals surface area contributed by atoms with Gasteiger partial charge in [0.05, 0.1) is 6.04 Å². The summed E-state index contributed by atoms with van der Waals surface area (Å²) in [5.74, 6) is -17.7. The Hall–Kier alpha value is -12.2. The third kappa shape index (κ3) is 54.9. The Labute approximate surface area is 866 Å². The molecule has 0 saturated heterocycles. The average molecular weight is 2080 g/mol. The van der Waals surface area contributed by atoms with Gasteiger partial charge in [0.15, 0.2) is 17.9 Å². The lowest BCUT2D eigenvalue weighted by Crippen LogP contribution is -2.62. The van der Waals surface area contributed by atoms with Crippen molar-refractivity contribution in [2.75, 3.05) is 52.4 Å². The Morgan fingerprint density at radius 1 is 0.272 bits per heavy atom. The molecule has 0 spiro atoms. The van der Waals surface area contributed by atoms with Gasteiger partial charge in [-0.3, -0.25) is 91.7 Å². The summed E-state index contributed by atoms with van der Waals surface area (Å²) in [6, 6.07) is -13.7. The monoisotopic (exact) mass is 2080 g/mol. The van der Waals surface area contributed by atoms with E-state index in [2.05, 4.69) is 100 Å². The van der Waals surface area contributed by atoms with Crippen molar-refractivity contribution >= 4 is 118 Å². The summed E-state index contributed by atoms with van der Waals surface area (Å²) in [4.78, 5) is 256. The number of carboxylic acids is 1. The molecule has 0 aromatic heterocycles. The molecule has 0 saturated carbocycles. The molecule has 0 aliphatic heterocycles. The molecule has 0 bridgehead atoms. The van der Waals surface area contributed by atoms with Gasteiger partial charge in [0.2, 0.25) is 94.5 Å². The molecule has 836 valence electrons. The lowest BCUT2D eigenvalue weighted by atomic mass is 9.96. The third-order valence-corrected chi connectivity index (χ3v) is 24.6. The Kier molecular flexibility index (Phi) is 66.7. The standard InChI is InChI=1S/C98H181N31O18/c1-15-59(11)77(93(144)122-66(36-21-26-44-100)86(137)126-75(95(146)147)53-57(7)8)128-88(139)67(37-22-27-45-101)116-79(130)61(13)115-83(134)71(41-31-49-112-97(107)108)120-91(142)74(52-56(5)6)125-85(136)72(42-32-50-113-98(109)110)121-92(143)76(58(9)10)127-87(138)69(39-24-29-47-103)123-94(145)78(60(12)16-2)129-89(140)68(38-23-28-46-102)117-80(131)62(14)114-82(133)70(40-30-48-111-96(105)106)119-90(141)73(51-55(3)4)124-84(135)65(35-20-25-43-99)118-81(132)64(104)54-63-33-18-17-19-34-63/h17-19,33-34,55-62,64-78H,15-16,20-32,35-54,99-104H2,1-14H3,(H,114,133)(H,115,134)(H,116,130)(H,117,131)(H,118,132)(H,119,141)(H,120,142)(H,121,143)(H,122,144)(H,123,145)(H,124,135)(H,125,136)(H,126,137)(H,127,138)(H,128,139)(H,129,140)(H,146,147)(H4,105,106,111)(H4,107,108,112)(H4,109,110,113)/t59-,60-,61-,62-,64-,65-,66-,67-,68-,69-,70-,71-,72-,73-,74-,75-,76-,77-,78-/m0/s1. The molecule has 1 rings (SSSR count). The molecule has 0 heterocycles. The number of aliphatic imine (C=N–C) groups is 3. The minimum absolute atomic E-state index is 0.00401. The second kappa shape index (κ2) is 73.8. The van der Waals surface area contributed by atoms with Crippen LogP contribution < -0.4 is 154 Å². The summed E-state index contributed by atoms with van der Waals surface area (Å²) in [5, 5.41) is 53.4. The highest BCUT2D eigenvalue weighted by Crippen LogP contribution is 2.20. The third-order valence-electron chi connectivity index (χ3n) is 24.6. The summed E-state index contributed by atoms with van der Waals surface area (Å²) in [5.41, 5.74) is 70.3. The van der Waals surface area contributed by atoms with Crippen LogP contribution in [0.1, 0.15) is 269 Å². The molecular weight excluding hydrogens is 1900 g/mol. The second-order valence-electron chi connectivity index (χ2n) is 39.4. The van der Waals surface area contributed by atoms with Crippen LogP contribution in [0.5, 0.6) is 0 Å². The number of hydrogen-bond acceptors (Lipinski definition) is 26. The number of nitrogens with two attached hydrogens (primary N) is 12. The fourth-order valence-corrected chi connectivity index (χ4v) is 15.7. The van der Waals surface area contributed by atoms with Crippen molar-refractivity contribution in [2.24, 2.45) is 119 Å². The van der Waals surface area contributed by atoms with E-state index in [0.717, 1.165) is 5.56 Å². The second-order valence-corrected chi connectivity index (χ2v) is 39.4. The summed E-state index contributed by atoms with van der Waals surface area (Å²) in [6.07, 6.45) is 4.82. The first-order valence-electron chi connectivity index (χ1n) is 52.0. The van der Waals surface area contributed by atoms with E-state index >= 15 is 0 Å². The van der Waals surface area contributed by atoms with Gasteiger partial charge in [0, 0.05) is 19.6 Å². The van der Waals surface area contributed by atoms with Gasteiger partial charge in [-0.15, -0.1) is 0 Å². The summed E-state index contributed by atoms with van der Waals surface area (Å²) >= 11 is 0. The van der Waals surface area contributed by atoms with E-state index in [1.807, 2.05) is 32.0 Å². The van der Waals surface area contributed by atoms with Crippen LogP contribution in [0.2, 0.25) is 0 Å². The van der Waals surface area contributed by atoms with Crippen molar-refractivity contribution < 1.29 is 86.6 Å². The number of carbonyl (C=O) groups excluding carboxylic acids is 16. The number of benzene rings is 1. The zero-order valence-corrected chi connectivity index (χ0v) is 89.1. The number of unbranched alkanes of at least 4 members (excludes halogenated alkanes) is 5. The van der Waals surface area contributed by atoms with E-state index in [1.54, 1.807) is 81.4 Å². The Morgan fingerprint density at radius 3 is 0.762 bits per heavy atom. The largest absolute Gasteiger partial charge is 0.480 e. The molecule has 19 atom stereocenters. The number of nitrogens with zero attached hydrogens (tertiary/aromatic N) is 3. The smallest absolute Gasteiger partial charge is 0.326 e. The van der Waals surface area contributed by atoms with Gasteiger partial charge < -0.3 is 159 Å². The van der Waals surface area contributed by atoms with Crippen molar-refractivity contribution in [2.45, 2.75) is 373 Å². The van der Waals surface area contributed by atoms with Crippen LogP contribution in [0.4, 0.5) is 0 Å². The number of rotatable bonds is 78. The first-order valence-corrected chi connectivity index (χ1v) is 52.0. The summed E-state index contributed by atoms with van der Waals surface area (Å²) in [7, 11) is 0. The minimum Gasteiger partial charge on any atom is -0.480 e. The first-order chi connectivity index (χ1) is 69.4. The van der Waals surface area contributed by atoms with E-state index < -0.39 is 221 Å². The number of carbonyl (C=O) groups is 17. The van der Waals surface area contributed by atoms with Crippen LogP contribution in [0.3, 0.4) is 0 Å². The molecule has 0 radical (unpaired) electrons. The van der Waals surface area contributed by atoms with E-state index in [-0.39, 0.29) is 197 Å². The van der Waals surface area contributed by atoms with Gasteiger partial charge in [0.25, 0.3) is 0 Å². The van der Waals surface area contributed by atoms with Crippen LogP contribution in [0, 0.1) is 35.5 Å². The summed E-state index contributed by atoms with van der Waals surface area (Å²) in [6.45, 7) is 24.6. The van der Waals surface area contributed by atoms with E-state index in [0.29, 0.717) is 64.3 Å². The van der Waals surface area contributed by atoms with Gasteiger partial charge in [-0.2, -0.15) is 0 Å². The molecular formula is C98H181N31O18. The predicted octanol–water partition coefficient (Wildman–Crippen LogP) is -3.87. The molecule has 41 N–H and O–H groups in total. The SMILES string of the molecule is CC[C@H](C)[C@H](NC(=O)[C@H](CCCCN)NC(=O)[C@H](C)NC(=O)[C@H](CCCN=C(N)N)NC(=O)[C@H](CC(C)C)NC(=O)[C@H](CCCN=C(N)N)NC(=O)[C@@H](NC(=O)[C@H](CCCCN)NC(=O)[C@@H](NC(=O)[C@H](CCCCN)NC(=O)[C@H](C)NC(=O)[C@H](CCCN=C(N)N)NC(=O)[C@H](CC(C)C)NC(=O)[C@H](CCCCN)NC(=O)[C@@H](N)Cc1ccccc1)[C@@H](C)CC)C(C)C)C(=O)N[C@@H](CCCCN)C(=O)N[C@@H](CC(C)C)C(=O)O. The molecule has 49 nitrogen and oxygen atoms in total. The van der Waals surface area contributed by atoms with E-state index in [9.17, 15) is 86.6 Å². The number of aliphatic carboxylic acids is 1. The highest BCUT2D eigenvalue weighted by Gasteiger charge is 2.41. The molecule has 0 fully saturated rings. The lowest BCUT2D eigenvalue weighted by Gasteiger charge is -2.30. The summed E-state index contributed by atoms with van der Waals surface area (Å²) < 4.78 is 0. The fraction of sp³-hybridized carbons (Fsp3) is 0.735. The van der Waals surface area contributed by atoms with Crippen molar-refractivity contribution in [1.82, 2.24) is 85.1 Å². The van der Waals surface area contributed by atoms with E-state index in [1.165, 1.54) is 13.8 Å². The molecule has 1 aromatic carbocycles. The maximum absolute atomic E-state index is 15.0. The van der Waals surface area contributed by atoms with Gasteiger partial charge in [-0.25, -0.2) is 4.79 Å². The maximum atomic E-state index is 15.0. The zero-order valence-electron chi connectivity index (χ0n) is 89.1. The van der Waals surface area contributed by atoms with Gasteiger partial charge in [0.1, 0.15) is 96.7 Å². The van der Waals surface area contributed by atoms with Gasteiger partial charge in [-0.1, -0.05) is 126 Å². The number of amides is 16. The van der Waals surface area contributed by atoms with Crippen molar-refractivity contribution in [3.8, 4) is 0 Å². The highest BCUT2D eigenvalue weighted by molar-refractivity contribution is 6.01. The van der Waals surface area contributed by atoms with Crippen LogP contribution in [-0.2, 0) is 87.9 Å². The minimum atomic E-state index is -1.49. The average Bonchev–Trinajstić information content (AvgIpc) is 0.839. The lowest BCUT2D eigenvalue weighted by molar-refractivity contribution is -0.143. The molecule has 1 aromatic rings. The van der Waals surface area contributed by atoms with Crippen molar-refractivity contribution in [1.29, 1.82) is 0 Å². The topological polar surface area (TPSA) is 852 Å². The molecule has 147 heavy (non-hydrogen) atoms. The van der Waals surface area contributed by atoms with Crippen LogP contribution in [-0.4, -0.2) is 279 Å². The normalized spacial score (nSPS) is 15.2. The molecule has 0 aliphatic rings. The van der Waals surface area contributed by atoms with E-state index in [4.69, 9.17) is 68.8 Å². The Bertz CT molecular complexity index is 4310. The quantitative estimate of drug-likeness (QED) is 0.0169. The number of guanidine groups is 3. The first kappa shape index (κ1) is 133. The molecule has 49 heteroatoms. The van der Waals surface area contributed by atoms with Gasteiger partial charge in [-0.05, 0) is 248 Å². The molecule has 0 aliphatic carbocycles. The zero-order chi connectivity index (χ0) is 111. The molecule has 16 amide bonds.